The third kappa shape index (κ3) is 1.41. The predicted octanol–water partition coefficient (Wildman–Crippen LogP) is 1.93. The first kappa shape index (κ1) is 6.53. The molecule has 1 atom stereocenters. The Balaban J connectivity index is 2.60. The van der Waals surface area contributed by atoms with E-state index in [4.69, 9.17) is 0 Å². The minimum Gasteiger partial charge on any atom is -0.303 e. The molecule has 0 fully saturated rings. The average molecular weight is 124 g/mol. The van der Waals surface area contributed by atoms with Crippen molar-refractivity contribution in [2.24, 2.45) is 5.41 Å². The third-order valence-electron chi connectivity index (χ3n) is 1.92. The first-order chi connectivity index (χ1) is 4.27. The molecule has 0 saturated heterocycles. The monoisotopic (exact) mass is 124 g/mol. The van der Waals surface area contributed by atoms with Crippen LogP contribution < -0.4 is 0 Å². The second-order valence-electron chi connectivity index (χ2n) is 2.99. The van der Waals surface area contributed by atoms with Crippen molar-refractivity contribution in [1.82, 2.24) is 0 Å². The maximum atomic E-state index is 10.4. The molecule has 0 bridgehead atoms. The highest BCUT2D eigenvalue weighted by atomic mass is 16.1. The maximum absolute atomic E-state index is 10.4. The van der Waals surface area contributed by atoms with Gasteiger partial charge in [0.05, 0.1) is 0 Å². The van der Waals surface area contributed by atoms with Crippen LogP contribution in [0, 0.1) is 5.41 Å². The van der Waals surface area contributed by atoms with E-state index in [1.54, 1.807) is 0 Å². The summed E-state index contributed by atoms with van der Waals surface area (Å²) in [5.41, 5.74) is -0.0469. The molecule has 0 aromatic carbocycles. The summed E-state index contributed by atoms with van der Waals surface area (Å²) in [6, 6.07) is 0. The Morgan fingerprint density at radius 1 is 1.56 bits per heavy atom. The van der Waals surface area contributed by atoms with Gasteiger partial charge in [0.25, 0.3) is 0 Å². The zero-order valence-corrected chi connectivity index (χ0v) is 5.76. The summed E-state index contributed by atoms with van der Waals surface area (Å²) in [7, 11) is 0. The SMILES string of the molecule is CC1(C=O)CC=CCC1. The molecule has 0 amide bonds. The van der Waals surface area contributed by atoms with Gasteiger partial charge in [-0.2, -0.15) is 0 Å². The smallest absolute Gasteiger partial charge is 0.126 e. The van der Waals surface area contributed by atoms with Gasteiger partial charge in [-0.1, -0.05) is 19.1 Å². The summed E-state index contributed by atoms with van der Waals surface area (Å²) in [6.45, 7) is 2.02. The van der Waals surface area contributed by atoms with Crippen molar-refractivity contribution in [3.63, 3.8) is 0 Å². The highest BCUT2D eigenvalue weighted by Crippen LogP contribution is 2.29. The lowest BCUT2D eigenvalue weighted by Gasteiger charge is -2.23. The molecule has 1 rings (SSSR count). The Morgan fingerprint density at radius 3 is 2.67 bits per heavy atom. The number of carbonyl (C=O) groups excluding carboxylic acids is 1. The van der Waals surface area contributed by atoms with Crippen LogP contribution in [0.25, 0.3) is 0 Å². The maximum Gasteiger partial charge on any atom is 0.126 e. The number of allylic oxidation sites excluding steroid dienone is 2. The van der Waals surface area contributed by atoms with E-state index in [1.165, 1.54) is 0 Å². The van der Waals surface area contributed by atoms with Crippen LogP contribution in [0.4, 0.5) is 0 Å². The molecular weight excluding hydrogens is 112 g/mol. The molecule has 0 radical (unpaired) electrons. The number of rotatable bonds is 1. The van der Waals surface area contributed by atoms with Gasteiger partial charge in [0.1, 0.15) is 6.29 Å². The van der Waals surface area contributed by atoms with E-state index in [2.05, 4.69) is 12.2 Å². The van der Waals surface area contributed by atoms with Crippen molar-refractivity contribution in [1.29, 1.82) is 0 Å². The van der Waals surface area contributed by atoms with E-state index in [9.17, 15) is 4.79 Å². The highest BCUT2D eigenvalue weighted by molar-refractivity contribution is 5.59. The summed E-state index contributed by atoms with van der Waals surface area (Å²) in [5, 5.41) is 0. The molecule has 1 aliphatic rings. The Labute approximate surface area is 55.8 Å². The molecule has 0 N–H and O–H groups in total. The minimum absolute atomic E-state index is 0.0469. The molecule has 0 heterocycles. The molecular formula is C8H12O. The molecule has 0 aliphatic heterocycles. The predicted molar refractivity (Wildman–Crippen MR) is 37.2 cm³/mol. The van der Waals surface area contributed by atoms with Crippen LogP contribution in [0.3, 0.4) is 0 Å². The van der Waals surface area contributed by atoms with Gasteiger partial charge >= 0.3 is 0 Å². The van der Waals surface area contributed by atoms with E-state index in [0.29, 0.717) is 0 Å². The summed E-state index contributed by atoms with van der Waals surface area (Å²) in [5.74, 6) is 0. The van der Waals surface area contributed by atoms with Crippen molar-refractivity contribution in [2.45, 2.75) is 26.2 Å². The van der Waals surface area contributed by atoms with Gasteiger partial charge in [-0.25, -0.2) is 0 Å². The first-order valence-corrected chi connectivity index (χ1v) is 3.38. The van der Waals surface area contributed by atoms with E-state index in [1.807, 2.05) is 6.92 Å². The quantitative estimate of drug-likeness (QED) is 0.385. The summed E-state index contributed by atoms with van der Waals surface area (Å²) in [4.78, 5) is 10.4. The minimum atomic E-state index is -0.0469. The summed E-state index contributed by atoms with van der Waals surface area (Å²) in [6.07, 6.45) is 8.33. The largest absolute Gasteiger partial charge is 0.303 e. The van der Waals surface area contributed by atoms with Crippen LogP contribution in [0.1, 0.15) is 26.2 Å². The molecule has 1 unspecified atom stereocenters. The van der Waals surface area contributed by atoms with Crippen molar-refractivity contribution >= 4 is 6.29 Å². The van der Waals surface area contributed by atoms with Crippen LogP contribution >= 0.6 is 0 Å². The van der Waals surface area contributed by atoms with Gasteiger partial charge in [0.15, 0.2) is 0 Å². The Morgan fingerprint density at radius 2 is 2.33 bits per heavy atom. The lowest BCUT2D eigenvalue weighted by Crippen LogP contribution is -2.18. The number of hydrogen-bond donors (Lipinski definition) is 0. The van der Waals surface area contributed by atoms with Crippen LogP contribution in [0.15, 0.2) is 12.2 Å². The van der Waals surface area contributed by atoms with Gasteiger partial charge in [0.2, 0.25) is 0 Å². The molecule has 0 aromatic rings. The molecule has 0 aromatic heterocycles. The molecule has 1 heteroatoms. The molecule has 50 valence electrons. The fourth-order valence-electron chi connectivity index (χ4n) is 1.09. The lowest BCUT2D eigenvalue weighted by atomic mass is 9.81. The zero-order valence-electron chi connectivity index (χ0n) is 5.76. The Kier molecular flexibility index (Phi) is 1.70. The number of aldehydes is 1. The highest BCUT2D eigenvalue weighted by Gasteiger charge is 2.22. The van der Waals surface area contributed by atoms with E-state index in [-0.39, 0.29) is 5.41 Å². The third-order valence-corrected chi connectivity index (χ3v) is 1.92. The summed E-state index contributed by atoms with van der Waals surface area (Å²) >= 11 is 0. The van der Waals surface area contributed by atoms with Gasteiger partial charge in [-0.3, -0.25) is 0 Å². The molecule has 9 heavy (non-hydrogen) atoms. The van der Waals surface area contributed by atoms with Gasteiger partial charge in [-0.15, -0.1) is 0 Å². The van der Waals surface area contributed by atoms with Gasteiger partial charge in [-0.05, 0) is 19.3 Å². The van der Waals surface area contributed by atoms with Gasteiger partial charge < -0.3 is 4.79 Å². The number of hydrogen-bond acceptors (Lipinski definition) is 1. The van der Waals surface area contributed by atoms with Crippen molar-refractivity contribution in [2.75, 3.05) is 0 Å². The van der Waals surface area contributed by atoms with Crippen LogP contribution in [0.2, 0.25) is 0 Å². The second-order valence-corrected chi connectivity index (χ2v) is 2.99. The fourth-order valence-corrected chi connectivity index (χ4v) is 1.09. The topological polar surface area (TPSA) is 17.1 Å². The lowest BCUT2D eigenvalue weighted by molar-refractivity contribution is -0.115. The number of carbonyl (C=O) groups is 1. The van der Waals surface area contributed by atoms with E-state index >= 15 is 0 Å². The van der Waals surface area contributed by atoms with Crippen molar-refractivity contribution < 1.29 is 4.79 Å². The standard InChI is InChI=1S/C8H12O/c1-8(7-9)5-3-2-4-6-8/h2-3,7H,4-6H2,1H3. The normalized spacial score (nSPS) is 34.3. The van der Waals surface area contributed by atoms with Crippen molar-refractivity contribution in [3.8, 4) is 0 Å². The first-order valence-electron chi connectivity index (χ1n) is 3.38. The summed E-state index contributed by atoms with van der Waals surface area (Å²) < 4.78 is 0. The fraction of sp³-hybridized carbons (Fsp3) is 0.625. The Hall–Kier alpha value is -0.590. The molecule has 0 spiro atoms. The molecule has 1 nitrogen and oxygen atoms in total. The second kappa shape index (κ2) is 2.34. The van der Waals surface area contributed by atoms with Crippen LogP contribution in [0.5, 0.6) is 0 Å². The van der Waals surface area contributed by atoms with E-state index < -0.39 is 0 Å². The van der Waals surface area contributed by atoms with Crippen LogP contribution in [-0.2, 0) is 4.79 Å². The van der Waals surface area contributed by atoms with Crippen molar-refractivity contribution in [3.05, 3.63) is 12.2 Å². The molecule has 0 saturated carbocycles. The Bertz CT molecular complexity index is 138. The zero-order chi connectivity index (χ0) is 6.74. The molecule has 1 aliphatic carbocycles. The van der Waals surface area contributed by atoms with E-state index in [0.717, 1.165) is 25.5 Å². The average Bonchev–Trinajstić information content (AvgIpc) is 1.90. The van der Waals surface area contributed by atoms with Crippen LogP contribution in [-0.4, -0.2) is 6.29 Å². The van der Waals surface area contributed by atoms with Gasteiger partial charge in [0, 0.05) is 5.41 Å².